The van der Waals surface area contributed by atoms with Gasteiger partial charge in [-0.25, -0.2) is 0 Å². The summed E-state index contributed by atoms with van der Waals surface area (Å²) in [6, 6.07) is 7.68. The molecule has 1 amide bonds. The van der Waals surface area contributed by atoms with E-state index in [9.17, 15) is 4.79 Å². The van der Waals surface area contributed by atoms with Crippen LogP contribution in [-0.4, -0.2) is 43.6 Å². The monoisotopic (exact) mass is 248 g/mol. The molecule has 1 unspecified atom stereocenters. The fourth-order valence-electron chi connectivity index (χ4n) is 2.23. The first-order valence-electron chi connectivity index (χ1n) is 6.43. The molecule has 1 atom stereocenters. The Kier molecular flexibility index (Phi) is 4.20. The highest BCUT2D eigenvalue weighted by Gasteiger charge is 2.24. The first kappa shape index (κ1) is 12.9. The maximum atomic E-state index is 12.3. The van der Waals surface area contributed by atoms with Crippen molar-refractivity contribution in [2.45, 2.75) is 19.4 Å². The van der Waals surface area contributed by atoms with Gasteiger partial charge in [0.05, 0.1) is 6.61 Å². The summed E-state index contributed by atoms with van der Waals surface area (Å²) in [5.41, 5.74) is 0.690. The molecule has 0 bridgehead atoms. The van der Waals surface area contributed by atoms with Gasteiger partial charge in [0.25, 0.3) is 5.91 Å². The molecule has 18 heavy (non-hydrogen) atoms. The average molecular weight is 248 g/mol. The fraction of sp³-hybridized carbons (Fsp3) is 0.500. The number of benzene rings is 1. The number of nitrogens with zero attached hydrogens (tertiary/aromatic N) is 1. The van der Waals surface area contributed by atoms with Gasteiger partial charge in [-0.05, 0) is 38.1 Å². The number of rotatable bonds is 4. The topological polar surface area (TPSA) is 41.6 Å². The summed E-state index contributed by atoms with van der Waals surface area (Å²) in [6.45, 7) is 4.42. The molecule has 98 valence electrons. The summed E-state index contributed by atoms with van der Waals surface area (Å²) in [5, 5.41) is 3.27. The van der Waals surface area contributed by atoms with Crippen molar-refractivity contribution in [3.05, 3.63) is 29.8 Å². The largest absolute Gasteiger partial charge is 0.494 e. The number of amides is 1. The van der Waals surface area contributed by atoms with Crippen LogP contribution < -0.4 is 10.1 Å². The summed E-state index contributed by atoms with van der Waals surface area (Å²) in [5.74, 6) is 0.812. The van der Waals surface area contributed by atoms with Crippen LogP contribution in [0.4, 0.5) is 0 Å². The van der Waals surface area contributed by atoms with Crippen LogP contribution in [0, 0.1) is 0 Å². The van der Waals surface area contributed by atoms with E-state index in [2.05, 4.69) is 5.32 Å². The first-order chi connectivity index (χ1) is 8.72. The van der Waals surface area contributed by atoms with Gasteiger partial charge in [-0.1, -0.05) is 6.07 Å². The molecule has 1 fully saturated rings. The molecule has 1 N–H and O–H groups in total. The van der Waals surface area contributed by atoms with Crippen LogP contribution in [0.3, 0.4) is 0 Å². The molecule has 1 heterocycles. The zero-order valence-electron chi connectivity index (χ0n) is 11.0. The molecule has 0 radical (unpaired) electrons. The number of hydrogen-bond donors (Lipinski definition) is 1. The lowest BCUT2D eigenvalue weighted by Gasteiger charge is -2.24. The van der Waals surface area contributed by atoms with Gasteiger partial charge in [-0.15, -0.1) is 0 Å². The molecule has 0 saturated carbocycles. The van der Waals surface area contributed by atoms with E-state index < -0.39 is 0 Å². The van der Waals surface area contributed by atoms with Crippen molar-refractivity contribution < 1.29 is 9.53 Å². The van der Waals surface area contributed by atoms with Crippen LogP contribution in [0.15, 0.2) is 24.3 Å². The Hall–Kier alpha value is -1.55. The molecule has 2 rings (SSSR count). The molecule has 4 nitrogen and oxygen atoms in total. The predicted octanol–water partition coefficient (Wildman–Crippen LogP) is 1.52. The molecule has 1 aromatic rings. The maximum absolute atomic E-state index is 12.3. The maximum Gasteiger partial charge on any atom is 0.254 e. The second-order valence-electron chi connectivity index (χ2n) is 4.52. The van der Waals surface area contributed by atoms with Gasteiger partial charge in [0.1, 0.15) is 5.75 Å². The second kappa shape index (κ2) is 5.87. The highest BCUT2D eigenvalue weighted by molar-refractivity contribution is 5.94. The molecule has 1 saturated heterocycles. The van der Waals surface area contributed by atoms with Crippen LogP contribution in [0.5, 0.6) is 5.75 Å². The summed E-state index contributed by atoms with van der Waals surface area (Å²) in [7, 11) is 1.87. The van der Waals surface area contributed by atoms with Crippen molar-refractivity contribution in [3.8, 4) is 5.75 Å². The third-order valence-corrected chi connectivity index (χ3v) is 3.29. The molecule has 0 aromatic heterocycles. The van der Waals surface area contributed by atoms with E-state index in [1.54, 1.807) is 0 Å². The van der Waals surface area contributed by atoms with Gasteiger partial charge in [-0.3, -0.25) is 4.79 Å². The normalized spacial score (nSPS) is 18.7. The molecule has 4 heteroatoms. The fourth-order valence-corrected chi connectivity index (χ4v) is 2.23. The Bertz CT molecular complexity index is 414. The Labute approximate surface area is 108 Å². The number of likely N-dealkylation sites (N-methyl/N-ethyl adjacent to an activating group) is 1. The zero-order chi connectivity index (χ0) is 13.0. The third kappa shape index (κ3) is 2.82. The van der Waals surface area contributed by atoms with E-state index in [0.717, 1.165) is 25.3 Å². The van der Waals surface area contributed by atoms with Crippen LogP contribution in [-0.2, 0) is 0 Å². The van der Waals surface area contributed by atoms with Gasteiger partial charge >= 0.3 is 0 Å². The molecular weight excluding hydrogens is 228 g/mol. The van der Waals surface area contributed by atoms with Crippen molar-refractivity contribution in [1.82, 2.24) is 10.2 Å². The SMILES string of the molecule is CCOc1cccc(C(=O)N(C)C2CCNC2)c1. The lowest BCUT2D eigenvalue weighted by atomic mass is 10.1. The van der Waals surface area contributed by atoms with Gasteiger partial charge in [0, 0.05) is 25.2 Å². The number of carbonyl (C=O) groups excluding carboxylic acids is 1. The predicted molar refractivity (Wildman–Crippen MR) is 71.0 cm³/mol. The van der Waals surface area contributed by atoms with E-state index >= 15 is 0 Å². The average Bonchev–Trinajstić information content (AvgIpc) is 2.91. The quantitative estimate of drug-likeness (QED) is 0.878. The Morgan fingerprint density at radius 2 is 2.39 bits per heavy atom. The zero-order valence-corrected chi connectivity index (χ0v) is 11.0. The van der Waals surface area contributed by atoms with E-state index in [1.165, 1.54) is 0 Å². The molecule has 1 aliphatic heterocycles. The molecule has 0 aliphatic carbocycles. The number of ether oxygens (including phenoxy) is 1. The summed E-state index contributed by atoms with van der Waals surface area (Å²) in [6.07, 6.45) is 1.02. The second-order valence-corrected chi connectivity index (χ2v) is 4.52. The van der Waals surface area contributed by atoms with E-state index in [-0.39, 0.29) is 5.91 Å². The minimum Gasteiger partial charge on any atom is -0.494 e. The number of nitrogens with one attached hydrogen (secondary N) is 1. The summed E-state index contributed by atoms with van der Waals surface area (Å²) >= 11 is 0. The van der Waals surface area contributed by atoms with Gasteiger partial charge < -0.3 is 15.0 Å². The molecular formula is C14H20N2O2. The van der Waals surface area contributed by atoms with Crippen molar-refractivity contribution in [2.75, 3.05) is 26.7 Å². The molecule has 1 aliphatic rings. The molecule has 1 aromatic carbocycles. The minimum atomic E-state index is 0.0604. The standard InChI is InChI=1S/C14H20N2O2/c1-3-18-13-6-4-5-11(9-13)14(17)16(2)12-7-8-15-10-12/h4-6,9,12,15H,3,7-8,10H2,1-2H3. The lowest BCUT2D eigenvalue weighted by molar-refractivity contribution is 0.0743. The highest BCUT2D eigenvalue weighted by atomic mass is 16.5. The van der Waals surface area contributed by atoms with Crippen LogP contribution in [0.2, 0.25) is 0 Å². The van der Waals surface area contributed by atoms with Gasteiger partial charge in [0.2, 0.25) is 0 Å². The van der Waals surface area contributed by atoms with Crippen molar-refractivity contribution in [3.63, 3.8) is 0 Å². The minimum absolute atomic E-state index is 0.0604. The number of hydrogen-bond acceptors (Lipinski definition) is 3. The number of carbonyl (C=O) groups is 1. The van der Waals surface area contributed by atoms with E-state index in [0.29, 0.717) is 18.2 Å². The van der Waals surface area contributed by atoms with Crippen LogP contribution >= 0.6 is 0 Å². The summed E-state index contributed by atoms with van der Waals surface area (Å²) in [4.78, 5) is 14.2. The Morgan fingerprint density at radius 1 is 1.56 bits per heavy atom. The summed E-state index contributed by atoms with van der Waals surface area (Å²) < 4.78 is 5.42. The molecule has 0 spiro atoms. The van der Waals surface area contributed by atoms with Crippen LogP contribution in [0.25, 0.3) is 0 Å². The highest BCUT2D eigenvalue weighted by Crippen LogP contribution is 2.16. The van der Waals surface area contributed by atoms with Crippen molar-refractivity contribution >= 4 is 5.91 Å². The van der Waals surface area contributed by atoms with Gasteiger partial charge in [0.15, 0.2) is 0 Å². The van der Waals surface area contributed by atoms with Crippen molar-refractivity contribution in [2.24, 2.45) is 0 Å². The van der Waals surface area contributed by atoms with Crippen LogP contribution in [0.1, 0.15) is 23.7 Å². The Balaban J connectivity index is 2.09. The van der Waals surface area contributed by atoms with Crippen molar-refractivity contribution in [1.29, 1.82) is 0 Å². The first-order valence-corrected chi connectivity index (χ1v) is 6.43. The third-order valence-electron chi connectivity index (χ3n) is 3.29. The van der Waals surface area contributed by atoms with E-state index in [1.807, 2.05) is 43.1 Å². The smallest absolute Gasteiger partial charge is 0.254 e. The van der Waals surface area contributed by atoms with E-state index in [4.69, 9.17) is 4.74 Å². The van der Waals surface area contributed by atoms with Gasteiger partial charge in [-0.2, -0.15) is 0 Å². The Morgan fingerprint density at radius 3 is 3.06 bits per heavy atom. The lowest BCUT2D eigenvalue weighted by Crippen LogP contribution is -2.38.